The van der Waals surface area contributed by atoms with E-state index in [-0.39, 0.29) is 12.7 Å². The number of likely N-dealkylation sites (tertiary alicyclic amines) is 1. The molecular formula is C17H23NO4. The third kappa shape index (κ3) is 3.78. The van der Waals surface area contributed by atoms with E-state index >= 15 is 0 Å². The first kappa shape index (κ1) is 15.3. The first-order valence-electron chi connectivity index (χ1n) is 7.95. The fourth-order valence-corrected chi connectivity index (χ4v) is 2.76. The van der Waals surface area contributed by atoms with Crippen LogP contribution in [0.1, 0.15) is 31.2 Å². The molecule has 0 bridgehead atoms. The van der Waals surface area contributed by atoms with Gasteiger partial charge in [-0.2, -0.15) is 0 Å². The standard InChI is InChI=1S/C17H23NO4/c19-13-17(22-15-6-7-15)8-10-18(11-9-17)16(20)21-12-14-4-2-1-3-5-14/h1-5,15,19H,6-13H2. The maximum Gasteiger partial charge on any atom is 0.410 e. The Kier molecular flexibility index (Phi) is 4.64. The summed E-state index contributed by atoms with van der Waals surface area (Å²) in [5.74, 6) is 0. The fraction of sp³-hybridized carbons (Fsp3) is 0.588. The predicted molar refractivity (Wildman–Crippen MR) is 81.4 cm³/mol. The van der Waals surface area contributed by atoms with Crippen molar-refractivity contribution in [3.05, 3.63) is 35.9 Å². The van der Waals surface area contributed by atoms with Crippen LogP contribution < -0.4 is 0 Å². The number of carbonyl (C=O) groups is 1. The van der Waals surface area contributed by atoms with Crippen LogP contribution in [0.5, 0.6) is 0 Å². The Balaban J connectivity index is 1.46. The van der Waals surface area contributed by atoms with Gasteiger partial charge in [0.25, 0.3) is 0 Å². The van der Waals surface area contributed by atoms with Crippen molar-refractivity contribution in [2.75, 3.05) is 19.7 Å². The predicted octanol–water partition coefficient (Wildman–Crippen LogP) is 2.33. The van der Waals surface area contributed by atoms with Crippen LogP contribution in [0.4, 0.5) is 4.79 Å². The van der Waals surface area contributed by atoms with Crippen molar-refractivity contribution < 1.29 is 19.4 Å². The smallest absolute Gasteiger partial charge is 0.410 e. The zero-order chi connectivity index (χ0) is 15.4. The molecule has 1 saturated heterocycles. The van der Waals surface area contributed by atoms with Crippen molar-refractivity contribution in [3.63, 3.8) is 0 Å². The molecule has 22 heavy (non-hydrogen) atoms. The summed E-state index contributed by atoms with van der Waals surface area (Å²) in [5, 5.41) is 9.64. The number of piperidine rings is 1. The van der Waals surface area contributed by atoms with Crippen molar-refractivity contribution >= 4 is 6.09 Å². The highest BCUT2D eigenvalue weighted by Gasteiger charge is 2.41. The summed E-state index contributed by atoms with van der Waals surface area (Å²) in [4.78, 5) is 13.8. The number of ether oxygens (including phenoxy) is 2. The molecule has 2 fully saturated rings. The van der Waals surface area contributed by atoms with Gasteiger partial charge in [0.05, 0.1) is 18.3 Å². The van der Waals surface area contributed by atoms with Gasteiger partial charge in [0.2, 0.25) is 0 Å². The Morgan fingerprint density at radius 3 is 2.50 bits per heavy atom. The number of aliphatic hydroxyl groups excluding tert-OH is 1. The van der Waals surface area contributed by atoms with Gasteiger partial charge in [0.1, 0.15) is 6.61 Å². The van der Waals surface area contributed by atoms with Gasteiger partial charge in [-0.1, -0.05) is 30.3 Å². The second-order valence-electron chi connectivity index (χ2n) is 6.19. The van der Waals surface area contributed by atoms with E-state index in [1.165, 1.54) is 0 Å². The third-order valence-corrected chi connectivity index (χ3v) is 4.37. The van der Waals surface area contributed by atoms with Crippen LogP contribution in [0, 0.1) is 0 Å². The molecule has 1 heterocycles. The van der Waals surface area contributed by atoms with Gasteiger partial charge < -0.3 is 19.5 Å². The molecule has 1 aliphatic heterocycles. The molecule has 1 aliphatic carbocycles. The van der Waals surface area contributed by atoms with Gasteiger partial charge in [0, 0.05) is 13.1 Å². The lowest BCUT2D eigenvalue weighted by atomic mass is 9.92. The summed E-state index contributed by atoms with van der Waals surface area (Å²) in [5.41, 5.74) is 0.520. The number of aliphatic hydroxyl groups is 1. The van der Waals surface area contributed by atoms with Gasteiger partial charge in [-0.3, -0.25) is 0 Å². The number of rotatable bonds is 5. The number of hydrogen-bond donors (Lipinski definition) is 1. The van der Waals surface area contributed by atoms with Crippen LogP contribution in [0.15, 0.2) is 30.3 Å². The first-order valence-corrected chi connectivity index (χ1v) is 7.95. The lowest BCUT2D eigenvalue weighted by Crippen LogP contribution is -2.50. The van der Waals surface area contributed by atoms with E-state index in [4.69, 9.17) is 9.47 Å². The molecule has 3 rings (SSSR count). The number of benzene rings is 1. The van der Waals surface area contributed by atoms with E-state index in [0.29, 0.717) is 38.6 Å². The van der Waals surface area contributed by atoms with Crippen molar-refractivity contribution in [3.8, 4) is 0 Å². The molecule has 0 spiro atoms. The maximum absolute atomic E-state index is 12.1. The van der Waals surface area contributed by atoms with E-state index < -0.39 is 5.60 Å². The minimum atomic E-state index is -0.461. The van der Waals surface area contributed by atoms with Crippen LogP contribution in [-0.2, 0) is 16.1 Å². The highest BCUT2D eigenvalue weighted by atomic mass is 16.6. The molecule has 1 saturated carbocycles. The average Bonchev–Trinajstić information content (AvgIpc) is 3.38. The number of amides is 1. The molecule has 5 nitrogen and oxygen atoms in total. The largest absolute Gasteiger partial charge is 0.445 e. The topological polar surface area (TPSA) is 59.0 Å². The summed E-state index contributed by atoms with van der Waals surface area (Å²) < 4.78 is 11.3. The van der Waals surface area contributed by atoms with Crippen molar-refractivity contribution in [2.24, 2.45) is 0 Å². The Morgan fingerprint density at radius 1 is 1.23 bits per heavy atom. The summed E-state index contributed by atoms with van der Waals surface area (Å²) in [6.45, 7) is 1.46. The summed E-state index contributed by atoms with van der Waals surface area (Å²) >= 11 is 0. The summed E-state index contributed by atoms with van der Waals surface area (Å²) in [6, 6.07) is 9.65. The molecule has 0 aromatic heterocycles. The number of carbonyl (C=O) groups excluding carboxylic acids is 1. The van der Waals surface area contributed by atoms with Crippen LogP contribution in [-0.4, -0.2) is 47.5 Å². The van der Waals surface area contributed by atoms with Gasteiger partial charge >= 0.3 is 6.09 Å². The van der Waals surface area contributed by atoms with Crippen molar-refractivity contribution in [1.82, 2.24) is 4.90 Å². The van der Waals surface area contributed by atoms with Crippen LogP contribution >= 0.6 is 0 Å². The molecule has 0 radical (unpaired) electrons. The Bertz CT molecular complexity index is 493. The molecule has 0 atom stereocenters. The number of nitrogens with zero attached hydrogens (tertiary/aromatic N) is 1. The SMILES string of the molecule is O=C(OCc1ccccc1)N1CCC(CO)(OC2CC2)CC1. The quantitative estimate of drug-likeness (QED) is 0.907. The van der Waals surface area contributed by atoms with Crippen LogP contribution in [0.25, 0.3) is 0 Å². The molecule has 2 aliphatic rings. The maximum atomic E-state index is 12.1. The third-order valence-electron chi connectivity index (χ3n) is 4.37. The Labute approximate surface area is 130 Å². The van der Waals surface area contributed by atoms with Crippen molar-refractivity contribution in [1.29, 1.82) is 0 Å². The monoisotopic (exact) mass is 305 g/mol. The Hall–Kier alpha value is -1.59. The molecule has 120 valence electrons. The average molecular weight is 305 g/mol. The lowest BCUT2D eigenvalue weighted by molar-refractivity contribution is -0.118. The molecule has 1 N–H and O–H groups in total. The Morgan fingerprint density at radius 2 is 1.91 bits per heavy atom. The lowest BCUT2D eigenvalue weighted by Gasteiger charge is -2.40. The molecule has 1 aromatic rings. The highest BCUT2D eigenvalue weighted by Crippen LogP contribution is 2.35. The second kappa shape index (κ2) is 6.67. The molecule has 1 aromatic carbocycles. The van der Waals surface area contributed by atoms with Gasteiger partial charge in [-0.05, 0) is 31.2 Å². The summed E-state index contributed by atoms with van der Waals surface area (Å²) in [7, 11) is 0. The first-order chi connectivity index (χ1) is 10.7. The zero-order valence-corrected chi connectivity index (χ0v) is 12.7. The highest BCUT2D eigenvalue weighted by molar-refractivity contribution is 5.67. The fourth-order valence-electron chi connectivity index (χ4n) is 2.76. The summed E-state index contributed by atoms with van der Waals surface area (Å²) in [6.07, 6.45) is 3.53. The molecular weight excluding hydrogens is 282 g/mol. The van der Waals surface area contributed by atoms with Crippen LogP contribution in [0.3, 0.4) is 0 Å². The van der Waals surface area contributed by atoms with Gasteiger partial charge in [-0.25, -0.2) is 4.79 Å². The van der Waals surface area contributed by atoms with E-state index in [2.05, 4.69) is 0 Å². The molecule has 1 amide bonds. The molecule has 0 unspecified atom stereocenters. The van der Waals surface area contributed by atoms with E-state index in [0.717, 1.165) is 18.4 Å². The molecule has 5 heteroatoms. The van der Waals surface area contributed by atoms with Gasteiger partial charge in [-0.15, -0.1) is 0 Å². The van der Waals surface area contributed by atoms with E-state index in [9.17, 15) is 9.90 Å². The minimum absolute atomic E-state index is 0.0242. The number of hydrogen-bond acceptors (Lipinski definition) is 4. The van der Waals surface area contributed by atoms with Crippen LogP contribution in [0.2, 0.25) is 0 Å². The van der Waals surface area contributed by atoms with E-state index in [1.54, 1.807) is 4.90 Å². The van der Waals surface area contributed by atoms with E-state index in [1.807, 2.05) is 30.3 Å². The normalized spacial score (nSPS) is 20.7. The zero-order valence-electron chi connectivity index (χ0n) is 12.7. The second-order valence-corrected chi connectivity index (χ2v) is 6.19. The van der Waals surface area contributed by atoms with Gasteiger partial charge in [0.15, 0.2) is 0 Å². The minimum Gasteiger partial charge on any atom is -0.445 e. The van der Waals surface area contributed by atoms with Crippen molar-refractivity contribution in [2.45, 2.75) is 44.0 Å².